The van der Waals surface area contributed by atoms with Gasteiger partial charge in [0, 0.05) is 19.5 Å². The first-order valence-electron chi connectivity index (χ1n) is 7.84. The average molecular weight is 299 g/mol. The Kier molecular flexibility index (Phi) is 4.51. The summed E-state index contributed by atoms with van der Waals surface area (Å²) in [5.74, 6) is 1.73. The van der Waals surface area contributed by atoms with Crippen LogP contribution < -0.4 is 0 Å². The van der Waals surface area contributed by atoms with Gasteiger partial charge >= 0.3 is 0 Å². The van der Waals surface area contributed by atoms with E-state index in [-0.39, 0.29) is 11.8 Å². The van der Waals surface area contributed by atoms with Crippen LogP contribution in [0.4, 0.5) is 0 Å². The lowest BCUT2D eigenvalue weighted by Gasteiger charge is -2.31. The summed E-state index contributed by atoms with van der Waals surface area (Å²) in [4.78, 5) is 18.3. The quantitative estimate of drug-likeness (QED) is 0.851. The number of aryl methyl sites for hydroxylation is 2. The Morgan fingerprint density at radius 1 is 1.32 bits per heavy atom. The summed E-state index contributed by atoms with van der Waals surface area (Å²) < 4.78 is 5.26. The van der Waals surface area contributed by atoms with Crippen LogP contribution in [-0.2, 0) is 11.2 Å². The maximum atomic E-state index is 12.1. The lowest BCUT2D eigenvalue weighted by molar-refractivity contribution is -0.134. The molecule has 3 rings (SSSR count). The van der Waals surface area contributed by atoms with Gasteiger partial charge < -0.3 is 9.42 Å². The molecular weight excluding hydrogens is 278 g/mol. The van der Waals surface area contributed by atoms with E-state index in [0.717, 1.165) is 25.8 Å². The molecule has 1 amide bonds. The molecular formula is C17H21N3O2. The molecule has 1 aromatic heterocycles. The number of carbonyl (C=O) groups excluding carboxylic acids is 1. The molecule has 0 spiro atoms. The van der Waals surface area contributed by atoms with Crippen LogP contribution >= 0.6 is 0 Å². The molecule has 22 heavy (non-hydrogen) atoms. The Morgan fingerprint density at radius 2 is 2.14 bits per heavy atom. The maximum Gasteiger partial charge on any atom is 0.231 e. The zero-order valence-corrected chi connectivity index (χ0v) is 12.9. The van der Waals surface area contributed by atoms with Gasteiger partial charge in [0.2, 0.25) is 11.8 Å². The van der Waals surface area contributed by atoms with E-state index in [0.29, 0.717) is 24.7 Å². The summed E-state index contributed by atoms with van der Waals surface area (Å²) in [6.07, 6.45) is 3.34. The van der Waals surface area contributed by atoms with Crippen molar-refractivity contribution < 1.29 is 9.32 Å². The lowest BCUT2D eigenvalue weighted by atomic mass is 9.97. The van der Waals surface area contributed by atoms with E-state index >= 15 is 0 Å². The number of rotatable bonds is 5. The SMILES string of the molecule is Cc1noc([C@@H]2CCC(=O)N(CCCc3ccccc3)C2)n1. The summed E-state index contributed by atoms with van der Waals surface area (Å²) in [6.45, 7) is 3.30. The minimum Gasteiger partial charge on any atom is -0.342 e. The highest BCUT2D eigenvalue weighted by Crippen LogP contribution is 2.26. The van der Waals surface area contributed by atoms with Crippen LogP contribution in [0.15, 0.2) is 34.9 Å². The van der Waals surface area contributed by atoms with Gasteiger partial charge in [-0.05, 0) is 31.7 Å². The molecule has 1 atom stereocenters. The molecule has 0 saturated carbocycles. The Morgan fingerprint density at radius 3 is 2.86 bits per heavy atom. The van der Waals surface area contributed by atoms with Gasteiger partial charge in [-0.1, -0.05) is 35.5 Å². The monoisotopic (exact) mass is 299 g/mol. The third-order valence-corrected chi connectivity index (χ3v) is 4.13. The molecule has 1 aliphatic heterocycles. The number of likely N-dealkylation sites (tertiary alicyclic amines) is 1. The predicted octanol–water partition coefficient (Wildman–Crippen LogP) is 2.72. The van der Waals surface area contributed by atoms with E-state index in [4.69, 9.17) is 4.52 Å². The van der Waals surface area contributed by atoms with Crippen molar-refractivity contribution >= 4 is 5.91 Å². The second-order valence-corrected chi connectivity index (χ2v) is 5.84. The minimum atomic E-state index is 0.177. The third kappa shape index (κ3) is 3.53. The highest BCUT2D eigenvalue weighted by atomic mass is 16.5. The number of nitrogens with zero attached hydrogens (tertiary/aromatic N) is 3. The van der Waals surface area contributed by atoms with Crippen molar-refractivity contribution in [2.75, 3.05) is 13.1 Å². The summed E-state index contributed by atoms with van der Waals surface area (Å²) in [6, 6.07) is 10.4. The molecule has 116 valence electrons. The number of amides is 1. The van der Waals surface area contributed by atoms with Crippen LogP contribution in [0.2, 0.25) is 0 Å². The molecule has 5 heteroatoms. The highest BCUT2D eigenvalue weighted by molar-refractivity contribution is 5.77. The zero-order valence-electron chi connectivity index (χ0n) is 12.9. The van der Waals surface area contributed by atoms with Crippen LogP contribution in [0, 0.1) is 6.92 Å². The van der Waals surface area contributed by atoms with Crippen molar-refractivity contribution in [2.45, 2.75) is 38.5 Å². The molecule has 5 nitrogen and oxygen atoms in total. The molecule has 1 aromatic carbocycles. The number of aromatic nitrogens is 2. The molecule has 2 aromatic rings. The minimum absolute atomic E-state index is 0.177. The van der Waals surface area contributed by atoms with Crippen molar-refractivity contribution in [3.05, 3.63) is 47.6 Å². The van der Waals surface area contributed by atoms with E-state index in [9.17, 15) is 4.79 Å². The first-order valence-corrected chi connectivity index (χ1v) is 7.84. The van der Waals surface area contributed by atoms with Gasteiger partial charge in [0.1, 0.15) is 0 Å². The average Bonchev–Trinajstić information content (AvgIpc) is 2.97. The first-order chi connectivity index (χ1) is 10.7. The van der Waals surface area contributed by atoms with E-state index in [2.05, 4.69) is 34.4 Å². The van der Waals surface area contributed by atoms with E-state index in [1.165, 1.54) is 5.56 Å². The Bertz CT molecular complexity index is 624. The topological polar surface area (TPSA) is 59.2 Å². The van der Waals surface area contributed by atoms with Crippen molar-refractivity contribution in [1.29, 1.82) is 0 Å². The second-order valence-electron chi connectivity index (χ2n) is 5.84. The van der Waals surface area contributed by atoms with Crippen LogP contribution in [0.25, 0.3) is 0 Å². The Balaban J connectivity index is 1.54. The fourth-order valence-electron chi connectivity index (χ4n) is 2.93. The summed E-state index contributed by atoms with van der Waals surface area (Å²) >= 11 is 0. The summed E-state index contributed by atoms with van der Waals surface area (Å²) in [5, 5.41) is 3.85. The lowest BCUT2D eigenvalue weighted by Crippen LogP contribution is -2.39. The number of hydrogen-bond donors (Lipinski definition) is 0. The van der Waals surface area contributed by atoms with E-state index < -0.39 is 0 Å². The van der Waals surface area contributed by atoms with Crippen molar-refractivity contribution in [2.24, 2.45) is 0 Å². The number of piperidine rings is 1. The summed E-state index contributed by atoms with van der Waals surface area (Å²) in [5.41, 5.74) is 1.32. The molecule has 1 aliphatic rings. The molecule has 0 unspecified atom stereocenters. The molecule has 2 heterocycles. The van der Waals surface area contributed by atoms with Crippen LogP contribution in [0.3, 0.4) is 0 Å². The molecule has 0 bridgehead atoms. The van der Waals surface area contributed by atoms with Gasteiger partial charge in [-0.2, -0.15) is 4.98 Å². The normalized spacial score (nSPS) is 18.7. The number of carbonyl (C=O) groups is 1. The molecule has 0 radical (unpaired) electrons. The number of hydrogen-bond acceptors (Lipinski definition) is 4. The highest BCUT2D eigenvalue weighted by Gasteiger charge is 2.29. The van der Waals surface area contributed by atoms with Gasteiger partial charge in [-0.15, -0.1) is 0 Å². The summed E-state index contributed by atoms with van der Waals surface area (Å²) in [7, 11) is 0. The van der Waals surface area contributed by atoms with Gasteiger partial charge in [0.05, 0.1) is 5.92 Å². The van der Waals surface area contributed by atoms with E-state index in [1.807, 2.05) is 17.9 Å². The standard InChI is InChI=1S/C17H21N3O2/c1-13-18-17(22-19-13)15-9-10-16(21)20(12-15)11-5-8-14-6-3-2-4-7-14/h2-4,6-7,15H,5,8-12H2,1H3/t15-/m1/s1. The van der Waals surface area contributed by atoms with Crippen LogP contribution in [-0.4, -0.2) is 34.0 Å². The first kappa shape index (κ1) is 14.8. The fourth-order valence-corrected chi connectivity index (χ4v) is 2.93. The third-order valence-electron chi connectivity index (χ3n) is 4.13. The van der Waals surface area contributed by atoms with Crippen molar-refractivity contribution in [3.63, 3.8) is 0 Å². The van der Waals surface area contributed by atoms with E-state index in [1.54, 1.807) is 0 Å². The van der Waals surface area contributed by atoms with Crippen molar-refractivity contribution in [1.82, 2.24) is 15.0 Å². The van der Waals surface area contributed by atoms with Crippen LogP contribution in [0.5, 0.6) is 0 Å². The number of benzene rings is 1. The zero-order chi connectivity index (χ0) is 15.4. The fraction of sp³-hybridized carbons (Fsp3) is 0.471. The van der Waals surface area contributed by atoms with Gasteiger partial charge in [0.15, 0.2) is 5.82 Å². The van der Waals surface area contributed by atoms with Crippen molar-refractivity contribution in [3.8, 4) is 0 Å². The molecule has 1 fully saturated rings. The Hall–Kier alpha value is -2.17. The van der Waals surface area contributed by atoms with Crippen LogP contribution in [0.1, 0.15) is 42.5 Å². The molecule has 1 saturated heterocycles. The molecule has 0 N–H and O–H groups in total. The predicted molar refractivity (Wildman–Crippen MR) is 82.4 cm³/mol. The Labute approximate surface area is 130 Å². The maximum absolute atomic E-state index is 12.1. The molecule has 0 aliphatic carbocycles. The van der Waals surface area contributed by atoms with Gasteiger partial charge in [0.25, 0.3) is 0 Å². The largest absolute Gasteiger partial charge is 0.342 e. The van der Waals surface area contributed by atoms with Gasteiger partial charge in [-0.3, -0.25) is 4.79 Å². The second kappa shape index (κ2) is 6.73. The van der Waals surface area contributed by atoms with Gasteiger partial charge in [-0.25, -0.2) is 0 Å². The smallest absolute Gasteiger partial charge is 0.231 e.